The van der Waals surface area contributed by atoms with Gasteiger partial charge in [0, 0.05) is 24.0 Å². The molecule has 0 radical (unpaired) electrons. The summed E-state index contributed by atoms with van der Waals surface area (Å²) in [4.78, 5) is 13.3. The number of carboxylic acids is 1. The number of likely N-dealkylation sites (tertiary alicyclic amines) is 1. The molecule has 3 rings (SSSR count). The number of aryl methyl sites for hydroxylation is 2. The van der Waals surface area contributed by atoms with Crippen molar-refractivity contribution in [2.75, 3.05) is 19.7 Å². The van der Waals surface area contributed by atoms with Gasteiger partial charge in [-0.05, 0) is 85.5 Å². The minimum absolute atomic E-state index is 0.0417. The molecule has 1 heterocycles. The Kier molecular flexibility index (Phi) is 10.7. The first-order valence-electron chi connectivity index (χ1n) is 12.7. The van der Waals surface area contributed by atoms with Gasteiger partial charge in [0.1, 0.15) is 0 Å². The average Bonchev–Trinajstić information content (AvgIpc) is 3.27. The number of carboxylic acid groups (broad SMARTS) is 1. The lowest BCUT2D eigenvalue weighted by Gasteiger charge is -2.28. The quantitative estimate of drug-likeness (QED) is 0.351. The first-order valence-corrected chi connectivity index (χ1v) is 13.1. The molecule has 0 spiro atoms. The first-order chi connectivity index (χ1) is 17.2. The first kappa shape index (κ1) is 28.5. The SMILES string of the molecule is CCc1cc(C[C@@H]2CCCN2C[C@@H](O)CO[C@H](CC)c2cc(F)c(F)cc2CCC(=O)O)ccc1Cl. The molecule has 2 aromatic carbocycles. The van der Waals surface area contributed by atoms with Crippen molar-refractivity contribution in [2.45, 2.75) is 77.0 Å². The maximum absolute atomic E-state index is 14.0. The predicted octanol–water partition coefficient (Wildman–Crippen LogP) is 5.73. The molecule has 0 aliphatic carbocycles. The van der Waals surface area contributed by atoms with Crippen LogP contribution in [0.25, 0.3) is 0 Å². The third kappa shape index (κ3) is 7.72. The minimum Gasteiger partial charge on any atom is -0.481 e. The molecule has 1 saturated heterocycles. The van der Waals surface area contributed by atoms with E-state index in [-0.39, 0.29) is 19.4 Å². The molecule has 1 fully saturated rings. The Morgan fingerprint density at radius 1 is 1.19 bits per heavy atom. The molecular formula is C28H36ClF2NO4. The summed E-state index contributed by atoms with van der Waals surface area (Å²) >= 11 is 6.26. The van der Waals surface area contributed by atoms with Gasteiger partial charge in [-0.15, -0.1) is 0 Å². The molecule has 8 heteroatoms. The number of ether oxygens (including phenoxy) is 1. The second-order valence-electron chi connectivity index (χ2n) is 9.52. The van der Waals surface area contributed by atoms with E-state index in [9.17, 15) is 18.7 Å². The van der Waals surface area contributed by atoms with Crippen LogP contribution in [0.1, 0.15) is 67.9 Å². The second kappa shape index (κ2) is 13.5. The Hall–Kier alpha value is -2.06. The van der Waals surface area contributed by atoms with Gasteiger partial charge in [0.05, 0.1) is 18.8 Å². The molecule has 0 unspecified atom stereocenters. The third-order valence-electron chi connectivity index (χ3n) is 6.90. The monoisotopic (exact) mass is 523 g/mol. The van der Waals surface area contributed by atoms with E-state index < -0.39 is 29.8 Å². The Balaban J connectivity index is 1.61. The van der Waals surface area contributed by atoms with Crippen molar-refractivity contribution >= 4 is 17.6 Å². The molecule has 1 aliphatic heterocycles. The topological polar surface area (TPSA) is 70.0 Å². The summed E-state index contributed by atoms with van der Waals surface area (Å²) in [7, 11) is 0. The number of halogens is 3. The van der Waals surface area contributed by atoms with Gasteiger partial charge in [0.2, 0.25) is 0 Å². The van der Waals surface area contributed by atoms with Crippen LogP contribution in [-0.2, 0) is 28.8 Å². The lowest BCUT2D eigenvalue weighted by Crippen LogP contribution is -2.39. The van der Waals surface area contributed by atoms with Gasteiger partial charge in [-0.1, -0.05) is 37.6 Å². The van der Waals surface area contributed by atoms with E-state index in [1.54, 1.807) is 0 Å². The van der Waals surface area contributed by atoms with E-state index in [2.05, 4.69) is 24.0 Å². The highest BCUT2D eigenvalue weighted by Crippen LogP contribution is 2.29. The molecule has 2 N–H and O–H groups in total. The lowest BCUT2D eigenvalue weighted by atomic mass is 9.96. The van der Waals surface area contributed by atoms with Crippen molar-refractivity contribution in [3.63, 3.8) is 0 Å². The minimum atomic E-state index is -1.01. The number of hydrogen-bond donors (Lipinski definition) is 2. The van der Waals surface area contributed by atoms with E-state index in [4.69, 9.17) is 21.4 Å². The van der Waals surface area contributed by atoms with E-state index in [0.29, 0.717) is 30.1 Å². The standard InChI is InChI=1S/C28H36ClF2NO4/c1-3-19-12-18(7-9-24(19)29)13-21-6-5-11-32(21)16-22(33)17-36-27(4-2)23-15-26(31)25(30)14-20(23)8-10-28(34)35/h7,9,12,14-15,21-22,27,33H,3-6,8,10-11,13,16-17H2,1-2H3,(H,34,35)/t21-,22+,27+/m0/s1. The van der Waals surface area contributed by atoms with Gasteiger partial charge in [-0.25, -0.2) is 8.78 Å². The average molecular weight is 524 g/mol. The Bertz CT molecular complexity index is 1030. The van der Waals surface area contributed by atoms with Crippen molar-refractivity contribution in [3.05, 3.63) is 69.2 Å². The number of aliphatic carboxylic acids is 1. The Labute approximate surface area is 217 Å². The van der Waals surface area contributed by atoms with Gasteiger partial charge in [0.25, 0.3) is 0 Å². The van der Waals surface area contributed by atoms with Crippen LogP contribution in [0.2, 0.25) is 5.02 Å². The van der Waals surface area contributed by atoms with Crippen LogP contribution >= 0.6 is 11.6 Å². The zero-order chi connectivity index (χ0) is 26.2. The van der Waals surface area contributed by atoms with E-state index >= 15 is 0 Å². The highest BCUT2D eigenvalue weighted by molar-refractivity contribution is 6.31. The Morgan fingerprint density at radius 2 is 1.94 bits per heavy atom. The van der Waals surface area contributed by atoms with E-state index in [0.717, 1.165) is 54.9 Å². The number of aliphatic hydroxyl groups is 1. The van der Waals surface area contributed by atoms with Gasteiger partial charge in [-0.2, -0.15) is 0 Å². The number of rotatable bonds is 13. The zero-order valence-corrected chi connectivity index (χ0v) is 21.7. The zero-order valence-electron chi connectivity index (χ0n) is 21.0. The van der Waals surface area contributed by atoms with Crippen molar-refractivity contribution < 1.29 is 28.5 Å². The normalized spacial score (nSPS) is 17.9. The van der Waals surface area contributed by atoms with Crippen LogP contribution in [0.15, 0.2) is 30.3 Å². The number of nitrogens with zero attached hydrogens (tertiary/aromatic N) is 1. The fraction of sp³-hybridized carbons (Fsp3) is 0.536. The van der Waals surface area contributed by atoms with Crippen LogP contribution in [0.3, 0.4) is 0 Å². The molecular weight excluding hydrogens is 488 g/mol. The van der Waals surface area contributed by atoms with Crippen LogP contribution < -0.4 is 0 Å². The molecule has 36 heavy (non-hydrogen) atoms. The van der Waals surface area contributed by atoms with Crippen molar-refractivity contribution in [1.29, 1.82) is 0 Å². The fourth-order valence-electron chi connectivity index (χ4n) is 5.00. The maximum Gasteiger partial charge on any atom is 0.303 e. The summed E-state index contributed by atoms with van der Waals surface area (Å²) in [6.07, 6.45) is 2.91. The summed E-state index contributed by atoms with van der Waals surface area (Å²) in [6, 6.07) is 8.62. The van der Waals surface area contributed by atoms with Crippen LogP contribution in [-0.4, -0.2) is 52.9 Å². The number of hydrogen-bond acceptors (Lipinski definition) is 4. The largest absolute Gasteiger partial charge is 0.481 e. The van der Waals surface area contributed by atoms with E-state index in [1.165, 1.54) is 5.56 Å². The summed E-state index contributed by atoms with van der Waals surface area (Å²) in [5, 5.41) is 20.5. The van der Waals surface area contributed by atoms with Crippen LogP contribution in [0, 0.1) is 11.6 Å². The number of benzene rings is 2. The van der Waals surface area contributed by atoms with Crippen LogP contribution in [0.4, 0.5) is 8.78 Å². The highest BCUT2D eigenvalue weighted by Gasteiger charge is 2.27. The second-order valence-corrected chi connectivity index (χ2v) is 9.92. The lowest BCUT2D eigenvalue weighted by molar-refractivity contribution is -0.136. The summed E-state index contributed by atoms with van der Waals surface area (Å²) in [6.45, 7) is 5.34. The van der Waals surface area contributed by atoms with Crippen molar-refractivity contribution in [1.82, 2.24) is 4.90 Å². The molecule has 5 nitrogen and oxygen atoms in total. The van der Waals surface area contributed by atoms with Gasteiger partial charge in [-0.3, -0.25) is 9.69 Å². The van der Waals surface area contributed by atoms with E-state index in [1.807, 2.05) is 13.0 Å². The molecule has 0 bridgehead atoms. The summed E-state index contributed by atoms with van der Waals surface area (Å²) in [5.41, 5.74) is 3.21. The molecule has 0 aromatic heterocycles. The fourth-order valence-corrected chi connectivity index (χ4v) is 5.26. The maximum atomic E-state index is 14.0. The van der Waals surface area contributed by atoms with Crippen LogP contribution in [0.5, 0.6) is 0 Å². The van der Waals surface area contributed by atoms with Crippen molar-refractivity contribution in [2.24, 2.45) is 0 Å². The molecule has 1 aliphatic rings. The summed E-state index contributed by atoms with van der Waals surface area (Å²) < 4.78 is 33.8. The number of aliphatic hydroxyl groups excluding tert-OH is 1. The van der Waals surface area contributed by atoms with Crippen molar-refractivity contribution in [3.8, 4) is 0 Å². The smallest absolute Gasteiger partial charge is 0.303 e. The molecule has 2 aromatic rings. The Morgan fingerprint density at radius 3 is 2.64 bits per heavy atom. The predicted molar refractivity (Wildman–Crippen MR) is 136 cm³/mol. The number of carbonyl (C=O) groups is 1. The number of β-amino-alcohol motifs (C(OH)–C–C–N with tert-alkyl or cyclic N) is 1. The molecule has 198 valence electrons. The molecule has 0 amide bonds. The van der Waals surface area contributed by atoms with Gasteiger partial charge < -0.3 is 14.9 Å². The highest BCUT2D eigenvalue weighted by atomic mass is 35.5. The summed E-state index contributed by atoms with van der Waals surface area (Å²) in [5.74, 6) is -3.03. The van der Waals surface area contributed by atoms with Gasteiger partial charge >= 0.3 is 5.97 Å². The van der Waals surface area contributed by atoms with Gasteiger partial charge in [0.15, 0.2) is 11.6 Å². The molecule has 0 saturated carbocycles. The molecule has 3 atom stereocenters. The third-order valence-corrected chi connectivity index (χ3v) is 7.27.